The number of oxime groups is 1. The third kappa shape index (κ3) is 2.20. The number of aromatic hydroxyl groups is 2. The van der Waals surface area contributed by atoms with Crippen LogP contribution < -0.4 is 0 Å². The van der Waals surface area contributed by atoms with Gasteiger partial charge in [-0.05, 0) is 18.2 Å². The number of hydrogen-bond donors (Lipinski definition) is 3. The molecule has 2 aromatic rings. The number of rotatable bonds is 2. The quantitative estimate of drug-likeness (QED) is 0.320. The maximum atomic E-state index is 9.69. The van der Waals surface area contributed by atoms with Crippen LogP contribution in [0, 0.1) is 0 Å². The lowest BCUT2D eigenvalue weighted by atomic mass is 10.0. The summed E-state index contributed by atoms with van der Waals surface area (Å²) in [6.07, 6.45) is 0. The Balaban J connectivity index is 2.54. The molecular weight excluding hydrogens is 218 g/mol. The van der Waals surface area contributed by atoms with Crippen molar-refractivity contribution in [3.8, 4) is 11.5 Å². The van der Waals surface area contributed by atoms with E-state index in [1.165, 1.54) is 18.2 Å². The summed E-state index contributed by atoms with van der Waals surface area (Å²) >= 11 is 0. The molecule has 2 aromatic carbocycles. The molecular formula is C13H11NO3. The lowest BCUT2D eigenvalue weighted by Crippen LogP contribution is -2.03. The van der Waals surface area contributed by atoms with Crippen molar-refractivity contribution in [3.63, 3.8) is 0 Å². The first-order valence-corrected chi connectivity index (χ1v) is 5.02. The molecule has 17 heavy (non-hydrogen) atoms. The summed E-state index contributed by atoms with van der Waals surface area (Å²) in [6.45, 7) is 0. The molecule has 0 amide bonds. The maximum absolute atomic E-state index is 9.69. The molecule has 0 fully saturated rings. The predicted molar refractivity (Wildman–Crippen MR) is 63.6 cm³/mol. The zero-order valence-corrected chi connectivity index (χ0v) is 8.91. The lowest BCUT2D eigenvalue weighted by Gasteiger charge is -2.07. The Morgan fingerprint density at radius 2 is 1.65 bits per heavy atom. The van der Waals surface area contributed by atoms with Gasteiger partial charge in [0.25, 0.3) is 0 Å². The van der Waals surface area contributed by atoms with Crippen molar-refractivity contribution in [2.24, 2.45) is 5.16 Å². The van der Waals surface area contributed by atoms with E-state index >= 15 is 0 Å². The van der Waals surface area contributed by atoms with Crippen LogP contribution in [0.5, 0.6) is 11.5 Å². The number of phenols is 2. The summed E-state index contributed by atoms with van der Waals surface area (Å²) in [6, 6.07) is 13.0. The molecule has 0 unspecified atom stereocenters. The van der Waals surface area contributed by atoms with Gasteiger partial charge in [-0.2, -0.15) is 0 Å². The van der Waals surface area contributed by atoms with Gasteiger partial charge >= 0.3 is 0 Å². The zero-order chi connectivity index (χ0) is 12.3. The van der Waals surface area contributed by atoms with Gasteiger partial charge in [0.2, 0.25) is 0 Å². The Labute approximate surface area is 98.1 Å². The van der Waals surface area contributed by atoms with Crippen LogP contribution in [0.2, 0.25) is 0 Å². The average Bonchev–Trinajstić information content (AvgIpc) is 2.36. The number of nitrogens with zero attached hydrogens (tertiary/aromatic N) is 1. The molecule has 0 aliphatic carbocycles. The van der Waals surface area contributed by atoms with Crippen LogP contribution in [0.25, 0.3) is 0 Å². The van der Waals surface area contributed by atoms with Gasteiger partial charge in [0, 0.05) is 11.1 Å². The smallest absolute Gasteiger partial charge is 0.125 e. The molecule has 4 heteroatoms. The minimum absolute atomic E-state index is 0.00474. The van der Waals surface area contributed by atoms with Crippen molar-refractivity contribution < 1.29 is 15.4 Å². The molecule has 0 atom stereocenters. The van der Waals surface area contributed by atoms with E-state index in [4.69, 9.17) is 5.21 Å². The van der Waals surface area contributed by atoms with E-state index in [-0.39, 0.29) is 22.8 Å². The van der Waals surface area contributed by atoms with Crippen molar-refractivity contribution in [3.05, 3.63) is 59.7 Å². The lowest BCUT2D eigenvalue weighted by molar-refractivity contribution is 0.319. The van der Waals surface area contributed by atoms with E-state index < -0.39 is 0 Å². The molecule has 0 saturated carbocycles. The van der Waals surface area contributed by atoms with Crippen LogP contribution in [0.15, 0.2) is 53.7 Å². The van der Waals surface area contributed by atoms with Gasteiger partial charge in [-0.25, -0.2) is 0 Å². The maximum Gasteiger partial charge on any atom is 0.125 e. The summed E-state index contributed by atoms with van der Waals surface area (Å²) in [4.78, 5) is 0. The molecule has 0 aliphatic rings. The highest BCUT2D eigenvalue weighted by molar-refractivity contribution is 6.14. The number of hydrogen-bond acceptors (Lipinski definition) is 4. The molecule has 0 spiro atoms. The summed E-state index contributed by atoms with van der Waals surface area (Å²) in [5.41, 5.74) is 1.13. The molecule has 86 valence electrons. The molecule has 0 aromatic heterocycles. The molecule has 3 N–H and O–H groups in total. The normalized spacial score (nSPS) is 11.4. The van der Waals surface area contributed by atoms with Gasteiger partial charge in [-0.1, -0.05) is 35.5 Å². The third-order valence-electron chi connectivity index (χ3n) is 2.38. The minimum Gasteiger partial charge on any atom is -0.508 e. The van der Waals surface area contributed by atoms with Crippen molar-refractivity contribution in [2.45, 2.75) is 0 Å². The van der Waals surface area contributed by atoms with Crippen LogP contribution >= 0.6 is 0 Å². The predicted octanol–water partition coefficient (Wildman–Crippen LogP) is 2.32. The molecule has 4 nitrogen and oxygen atoms in total. The Morgan fingerprint density at radius 3 is 2.29 bits per heavy atom. The summed E-state index contributed by atoms with van der Waals surface area (Å²) in [5.74, 6) is -0.0608. The van der Waals surface area contributed by atoms with Crippen LogP contribution in [0.1, 0.15) is 11.1 Å². The van der Waals surface area contributed by atoms with Gasteiger partial charge < -0.3 is 15.4 Å². The zero-order valence-electron chi connectivity index (χ0n) is 8.91. The standard InChI is InChI=1S/C13H11NO3/c15-10-6-7-12(16)11(8-10)13(14-17)9-4-2-1-3-5-9/h1-8,15-17H/b14-13+. The van der Waals surface area contributed by atoms with E-state index in [0.717, 1.165) is 0 Å². The van der Waals surface area contributed by atoms with E-state index in [2.05, 4.69) is 5.16 Å². The Kier molecular flexibility index (Phi) is 2.96. The first kappa shape index (κ1) is 11.0. The second kappa shape index (κ2) is 4.57. The van der Waals surface area contributed by atoms with E-state index in [0.29, 0.717) is 5.56 Å². The van der Waals surface area contributed by atoms with E-state index in [1.54, 1.807) is 24.3 Å². The molecule has 0 bridgehead atoms. The van der Waals surface area contributed by atoms with Crippen LogP contribution in [0.3, 0.4) is 0 Å². The Morgan fingerprint density at radius 1 is 0.941 bits per heavy atom. The first-order valence-electron chi connectivity index (χ1n) is 5.02. The van der Waals surface area contributed by atoms with E-state index in [9.17, 15) is 10.2 Å². The van der Waals surface area contributed by atoms with Gasteiger partial charge in [-0.3, -0.25) is 0 Å². The van der Waals surface area contributed by atoms with Gasteiger partial charge in [0.15, 0.2) is 0 Å². The fourth-order valence-corrected chi connectivity index (χ4v) is 1.58. The average molecular weight is 229 g/mol. The van der Waals surface area contributed by atoms with Crippen molar-refractivity contribution in [1.82, 2.24) is 0 Å². The van der Waals surface area contributed by atoms with Crippen molar-refractivity contribution >= 4 is 5.71 Å². The van der Waals surface area contributed by atoms with Gasteiger partial charge in [0.1, 0.15) is 17.2 Å². The molecule has 2 rings (SSSR count). The van der Waals surface area contributed by atoms with Crippen LogP contribution in [0.4, 0.5) is 0 Å². The topological polar surface area (TPSA) is 73.1 Å². The van der Waals surface area contributed by atoms with Crippen molar-refractivity contribution in [2.75, 3.05) is 0 Å². The van der Waals surface area contributed by atoms with Crippen molar-refractivity contribution in [1.29, 1.82) is 0 Å². The van der Waals surface area contributed by atoms with Crippen LogP contribution in [-0.4, -0.2) is 21.1 Å². The Bertz CT molecular complexity index is 550. The van der Waals surface area contributed by atoms with E-state index in [1.807, 2.05) is 6.07 Å². The highest BCUT2D eigenvalue weighted by Crippen LogP contribution is 2.25. The second-order valence-corrected chi connectivity index (χ2v) is 3.52. The molecule has 0 aliphatic heterocycles. The third-order valence-corrected chi connectivity index (χ3v) is 2.38. The van der Waals surface area contributed by atoms with Gasteiger partial charge in [-0.15, -0.1) is 0 Å². The molecule has 0 heterocycles. The fraction of sp³-hybridized carbons (Fsp3) is 0. The molecule has 0 saturated heterocycles. The number of phenolic OH excluding ortho intramolecular Hbond substituents is 2. The SMILES string of the molecule is O/N=C(\c1ccccc1)c1cc(O)ccc1O. The monoisotopic (exact) mass is 229 g/mol. The summed E-state index contributed by atoms with van der Waals surface area (Å²) < 4.78 is 0. The highest BCUT2D eigenvalue weighted by Gasteiger charge is 2.12. The second-order valence-electron chi connectivity index (χ2n) is 3.52. The largest absolute Gasteiger partial charge is 0.508 e. The van der Waals surface area contributed by atoms with Gasteiger partial charge in [0.05, 0.1) is 0 Å². The summed E-state index contributed by atoms with van der Waals surface area (Å²) in [5, 5.41) is 31.3. The van der Waals surface area contributed by atoms with Crippen LogP contribution in [-0.2, 0) is 0 Å². The fourth-order valence-electron chi connectivity index (χ4n) is 1.58. The molecule has 0 radical (unpaired) electrons. The minimum atomic E-state index is -0.0561. The Hall–Kier alpha value is -2.49. The number of benzene rings is 2. The first-order chi connectivity index (χ1) is 8.22. The highest BCUT2D eigenvalue weighted by atomic mass is 16.4. The summed E-state index contributed by atoms with van der Waals surface area (Å²) in [7, 11) is 0.